The number of nitrogens with zero attached hydrogens (tertiary/aromatic N) is 1. The Morgan fingerprint density at radius 2 is 1.43 bits per heavy atom. The van der Waals surface area contributed by atoms with Crippen LogP contribution in [0.1, 0.15) is 95.9 Å². The highest BCUT2D eigenvalue weighted by Gasteiger charge is 2.85. The SMILES string of the molecule is CCC(=O)OC1C2C(OC(C)=O)C34COC(C)(C(OC(=O)c5ccccc5)C2(OC(C)=O)CC1(C)OC(=O)c1cccnc1)C3C(C(C)(C)OC(C)=O)C=CC4OC(C)=O. The molecule has 3 fully saturated rings. The van der Waals surface area contributed by atoms with Gasteiger partial charge in [-0.3, -0.25) is 29.0 Å². The molecule has 322 valence electrons. The summed E-state index contributed by atoms with van der Waals surface area (Å²) in [7, 11) is 0. The van der Waals surface area contributed by atoms with E-state index in [-0.39, 0.29) is 24.2 Å². The Hall–Kier alpha value is -5.64. The van der Waals surface area contributed by atoms with Gasteiger partial charge in [0.2, 0.25) is 0 Å². The maximum absolute atomic E-state index is 14.5. The fourth-order valence-corrected chi connectivity index (χ4v) is 10.4. The van der Waals surface area contributed by atoms with Gasteiger partial charge in [0.05, 0.1) is 29.1 Å². The Labute approximate surface area is 347 Å². The second-order valence-corrected chi connectivity index (χ2v) is 16.8. The van der Waals surface area contributed by atoms with E-state index in [2.05, 4.69) is 4.98 Å². The van der Waals surface area contributed by atoms with Crippen molar-refractivity contribution in [3.8, 4) is 0 Å². The fraction of sp³-hybridized carbons (Fsp3) is 0.545. The third-order valence-corrected chi connectivity index (χ3v) is 12.3. The predicted molar refractivity (Wildman–Crippen MR) is 206 cm³/mol. The molecule has 1 aromatic carbocycles. The van der Waals surface area contributed by atoms with Crippen molar-refractivity contribution in [2.75, 3.05) is 6.61 Å². The topological polar surface area (TPSA) is 206 Å². The van der Waals surface area contributed by atoms with Crippen LogP contribution in [-0.2, 0) is 61.9 Å². The summed E-state index contributed by atoms with van der Waals surface area (Å²) in [5.74, 6) is -9.05. The van der Waals surface area contributed by atoms with Gasteiger partial charge < -0.3 is 37.9 Å². The lowest BCUT2D eigenvalue weighted by atomic mass is 9.53. The average Bonchev–Trinajstić information content (AvgIpc) is 3.59. The maximum atomic E-state index is 14.5. The molecule has 0 radical (unpaired) electrons. The van der Waals surface area contributed by atoms with Crippen LogP contribution >= 0.6 is 0 Å². The molecule has 0 amide bonds. The van der Waals surface area contributed by atoms with Crippen molar-refractivity contribution in [2.45, 2.75) is 122 Å². The van der Waals surface area contributed by atoms with Crippen molar-refractivity contribution < 1.29 is 71.5 Å². The van der Waals surface area contributed by atoms with Crippen molar-refractivity contribution >= 4 is 41.8 Å². The first-order chi connectivity index (χ1) is 28.1. The number of pyridine rings is 1. The number of fused-ring (bicyclic) bond motifs is 1. The lowest BCUT2D eigenvalue weighted by molar-refractivity contribution is -0.239. The summed E-state index contributed by atoms with van der Waals surface area (Å²) < 4.78 is 51.1. The standard InChI is InChI=1S/C44H51NO15/c1-10-32(50)56-35-33-36(55-25(3)47)43-23-53-42(9,34(43)30(40(6,7)58-26(4)48)18-19-31(43)54-24(2)46)39(57-37(51)28-15-12-11-13-16-28)44(33,59-27(5)49)22-41(35,8)60-38(52)29-17-14-20-45-21-29/h11-21,30-31,33-36,39H,10,22-23H2,1-9H3. The molecule has 60 heavy (non-hydrogen) atoms. The van der Waals surface area contributed by atoms with Gasteiger partial charge in [0.25, 0.3) is 0 Å². The average molecular weight is 834 g/mol. The Balaban J connectivity index is 1.74. The molecule has 11 atom stereocenters. The first-order valence-electron chi connectivity index (χ1n) is 19.8. The molecule has 6 rings (SSSR count). The van der Waals surface area contributed by atoms with E-state index in [0.717, 1.165) is 13.8 Å². The zero-order valence-corrected chi connectivity index (χ0v) is 35.1. The quantitative estimate of drug-likeness (QED) is 0.171. The minimum Gasteiger partial charge on any atom is -0.461 e. The molecule has 0 spiro atoms. The van der Waals surface area contributed by atoms with Crippen LogP contribution in [0.5, 0.6) is 0 Å². The summed E-state index contributed by atoms with van der Waals surface area (Å²) in [6.45, 7) is 12.4. The monoisotopic (exact) mass is 833 g/mol. The van der Waals surface area contributed by atoms with E-state index < -0.39 is 118 Å². The van der Waals surface area contributed by atoms with Gasteiger partial charge in [0.1, 0.15) is 23.4 Å². The number of esters is 7. The number of carbonyl (C=O) groups is 7. The lowest BCUT2D eigenvalue weighted by Crippen LogP contribution is -2.64. The number of hydrogen-bond donors (Lipinski definition) is 0. The summed E-state index contributed by atoms with van der Waals surface area (Å²) in [5, 5.41) is 0. The second kappa shape index (κ2) is 16.1. The molecular weight excluding hydrogens is 782 g/mol. The molecule has 0 N–H and O–H groups in total. The van der Waals surface area contributed by atoms with E-state index >= 15 is 0 Å². The zero-order valence-electron chi connectivity index (χ0n) is 35.1. The summed E-state index contributed by atoms with van der Waals surface area (Å²) >= 11 is 0. The Morgan fingerprint density at radius 1 is 0.767 bits per heavy atom. The number of ether oxygens (including phenoxy) is 8. The van der Waals surface area contributed by atoms with Gasteiger partial charge in [-0.1, -0.05) is 31.2 Å². The molecule has 3 aliphatic carbocycles. The molecule has 2 aromatic rings. The maximum Gasteiger partial charge on any atom is 0.340 e. The van der Waals surface area contributed by atoms with Crippen molar-refractivity contribution in [2.24, 2.45) is 23.2 Å². The fourth-order valence-electron chi connectivity index (χ4n) is 10.4. The van der Waals surface area contributed by atoms with Gasteiger partial charge in [0.15, 0.2) is 23.4 Å². The summed E-state index contributed by atoms with van der Waals surface area (Å²) in [4.78, 5) is 99.3. The zero-order chi connectivity index (χ0) is 44.0. The number of benzene rings is 1. The first-order valence-corrected chi connectivity index (χ1v) is 19.8. The number of hydrogen-bond acceptors (Lipinski definition) is 16. The largest absolute Gasteiger partial charge is 0.461 e. The molecule has 1 aliphatic heterocycles. The highest BCUT2D eigenvalue weighted by atomic mass is 16.6. The minimum absolute atomic E-state index is 0.0356. The van der Waals surface area contributed by atoms with Crippen LogP contribution < -0.4 is 0 Å². The molecule has 2 heterocycles. The van der Waals surface area contributed by atoms with E-state index in [9.17, 15) is 33.6 Å². The summed E-state index contributed by atoms with van der Waals surface area (Å²) in [6.07, 6.45) is -0.781. The van der Waals surface area contributed by atoms with Crippen molar-refractivity contribution in [1.29, 1.82) is 0 Å². The van der Waals surface area contributed by atoms with Gasteiger partial charge in [-0.25, -0.2) is 9.59 Å². The van der Waals surface area contributed by atoms with E-state index in [1.807, 2.05) is 0 Å². The second-order valence-electron chi connectivity index (χ2n) is 16.8. The van der Waals surface area contributed by atoms with Crippen LogP contribution in [0.3, 0.4) is 0 Å². The van der Waals surface area contributed by atoms with Gasteiger partial charge in [0, 0.05) is 64.8 Å². The predicted octanol–water partition coefficient (Wildman–Crippen LogP) is 4.66. The molecule has 1 saturated heterocycles. The van der Waals surface area contributed by atoms with Gasteiger partial charge in [-0.05, 0) is 58.0 Å². The molecule has 16 heteroatoms. The molecule has 2 saturated carbocycles. The van der Waals surface area contributed by atoms with Crippen molar-refractivity contribution in [1.82, 2.24) is 4.98 Å². The number of aromatic nitrogens is 1. The smallest absolute Gasteiger partial charge is 0.340 e. The lowest BCUT2D eigenvalue weighted by Gasteiger charge is -2.53. The van der Waals surface area contributed by atoms with Crippen LogP contribution in [0.2, 0.25) is 0 Å². The Bertz CT molecular complexity index is 2070. The Kier molecular flexibility index (Phi) is 11.8. The molecule has 2 bridgehead atoms. The molecule has 4 aliphatic rings. The molecule has 1 aromatic heterocycles. The third kappa shape index (κ3) is 7.54. The van der Waals surface area contributed by atoms with Crippen molar-refractivity contribution in [3.63, 3.8) is 0 Å². The third-order valence-electron chi connectivity index (χ3n) is 12.3. The highest BCUT2D eigenvalue weighted by molar-refractivity contribution is 5.90. The molecular formula is C44H51NO15. The van der Waals surface area contributed by atoms with Crippen LogP contribution in [0, 0.1) is 23.2 Å². The van der Waals surface area contributed by atoms with Crippen LogP contribution in [0.25, 0.3) is 0 Å². The van der Waals surface area contributed by atoms with Gasteiger partial charge in [-0.15, -0.1) is 0 Å². The van der Waals surface area contributed by atoms with Gasteiger partial charge >= 0.3 is 41.8 Å². The summed E-state index contributed by atoms with van der Waals surface area (Å²) in [5.41, 5.74) is -8.86. The van der Waals surface area contributed by atoms with E-state index in [4.69, 9.17) is 37.9 Å². The first kappa shape index (κ1) is 43.9. The van der Waals surface area contributed by atoms with Crippen LogP contribution in [0.4, 0.5) is 0 Å². The number of carbonyl (C=O) groups excluding carboxylic acids is 7. The van der Waals surface area contributed by atoms with Crippen LogP contribution in [-0.4, -0.2) is 100 Å². The van der Waals surface area contributed by atoms with Crippen LogP contribution in [0.15, 0.2) is 67.0 Å². The molecule has 16 nitrogen and oxygen atoms in total. The normalized spacial score (nSPS) is 33.8. The Morgan fingerprint density at radius 3 is 2.02 bits per heavy atom. The van der Waals surface area contributed by atoms with E-state index in [1.165, 1.54) is 57.4 Å². The summed E-state index contributed by atoms with van der Waals surface area (Å²) in [6, 6.07) is 11.0. The van der Waals surface area contributed by atoms with E-state index in [0.29, 0.717) is 0 Å². The van der Waals surface area contributed by atoms with Gasteiger partial charge in [-0.2, -0.15) is 0 Å². The number of rotatable bonds is 11. The highest BCUT2D eigenvalue weighted by Crippen LogP contribution is 2.70. The minimum atomic E-state index is -2.21. The van der Waals surface area contributed by atoms with Crippen molar-refractivity contribution in [3.05, 3.63) is 78.1 Å². The molecule has 11 unspecified atom stereocenters. The van der Waals surface area contributed by atoms with E-state index in [1.54, 1.807) is 58.0 Å².